The molecule has 1 aromatic carbocycles. The van der Waals surface area contributed by atoms with E-state index in [1.807, 2.05) is 19.2 Å². The molecule has 0 radical (unpaired) electrons. The predicted octanol–water partition coefficient (Wildman–Crippen LogP) is 0.970. The molecule has 0 saturated carbocycles. The Morgan fingerprint density at radius 2 is 1.95 bits per heavy atom. The molecule has 4 nitrogen and oxygen atoms in total. The Labute approximate surface area is 126 Å². The molecule has 1 aromatic rings. The van der Waals surface area contributed by atoms with Gasteiger partial charge in [0, 0.05) is 44.7 Å². The Morgan fingerprint density at radius 3 is 2.57 bits per heavy atom. The van der Waals surface area contributed by atoms with E-state index < -0.39 is 5.60 Å². The monoisotopic (exact) mass is 288 g/mol. The van der Waals surface area contributed by atoms with E-state index in [2.05, 4.69) is 28.9 Å². The van der Waals surface area contributed by atoms with Gasteiger partial charge in [-0.15, -0.1) is 0 Å². The minimum Gasteiger partial charge on any atom is -0.388 e. The molecule has 4 heteroatoms. The summed E-state index contributed by atoms with van der Waals surface area (Å²) in [5.41, 5.74) is 6.94. The van der Waals surface area contributed by atoms with E-state index in [1.165, 1.54) is 5.56 Å². The maximum Gasteiger partial charge on any atom is 0.0817 e. The van der Waals surface area contributed by atoms with Crippen molar-refractivity contribution in [2.24, 2.45) is 5.73 Å². The average molecular weight is 288 g/mol. The highest BCUT2D eigenvalue weighted by Crippen LogP contribution is 2.22. The molecular weight excluding hydrogens is 264 g/mol. The van der Waals surface area contributed by atoms with Crippen LogP contribution in [0.3, 0.4) is 0 Å². The maximum atomic E-state index is 10.5. The number of rotatable bonds is 4. The number of hydrogen-bond donors (Lipinski definition) is 2. The fraction of sp³-hybridized carbons (Fsp3) is 0.529. The summed E-state index contributed by atoms with van der Waals surface area (Å²) in [6, 6.07) is 8.17. The molecule has 0 atom stereocenters. The predicted molar refractivity (Wildman–Crippen MR) is 83.7 cm³/mol. The van der Waals surface area contributed by atoms with E-state index in [4.69, 9.17) is 10.5 Å². The van der Waals surface area contributed by atoms with Crippen molar-refractivity contribution in [3.05, 3.63) is 35.4 Å². The number of ether oxygens (including phenoxy) is 1. The minimum atomic E-state index is -0.612. The standard InChI is InChI=1S/C17H24N2O2/c1-19(14-17(20)8-11-21-12-9-17)13-16-6-4-15(5-7-16)3-2-10-18/h4-7,20H,8-14,18H2,1H3. The third-order valence-corrected chi connectivity index (χ3v) is 3.73. The zero-order valence-electron chi connectivity index (χ0n) is 12.6. The van der Waals surface area contributed by atoms with Gasteiger partial charge < -0.3 is 15.6 Å². The van der Waals surface area contributed by atoms with Gasteiger partial charge >= 0.3 is 0 Å². The normalized spacial score (nSPS) is 17.3. The molecule has 1 saturated heterocycles. The fourth-order valence-electron chi connectivity index (χ4n) is 2.63. The van der Waals surface area contributed by atoms with E-state index in [9.17, 15) is 5.11 Å². The number of aliphatic hydroxyl groups is 1. The maximum absolute atomic E-state index is 10.5. The molecule has 0 aromatic heterocycles. The largest absolute Gasteiger partial charge is 0.388 e. The summed E-state index contributed by atoms with van der Waals surface area (Å²) in [6.45, 7) is 3.17. The van der Waals surface area contributed by atoms with Crippen LogP contribution in [0.15, 0.2) is 24.3 Å². The smallest absolute Gasteiger partial charge is 0.0817 e. The summed E-state index contributed by atoms with van der Waals surface area (Å²) in [5, 5.41) is 10.5. The Hall–Kier alpha value is -1.38. The second-order valence-electron chi connectivity index (χ2n) is 5.71. The number of likely N-dealkylation sites (N-methyl/N-ethyl adjacent to an activating group) is 1. The third kappa shape index (κ3) is 5.14. The van der Waals surface area contributed by atoms with E-state index in [1.54, 1.807) is 0 Å². The van der Waals surface area contributed by atoms with Crippen molar-refractivity contribution in [3.63, 3.8) is 0 Å². The third-order valence-electron chi connectivity index (χ3n) is 3.73. The molecule has 0 bridgehead atoms. The van der Waals surface area contributed by atoms with Crippen LogP contribution in [-0.4, -0.2) is 49.0 Å². The van der Waals surface area contributed by atoms with Gasteiger partial charge in [-0.25, -0.2) is 0 Å². The number of benzene rings is 1. The molecule has 21 heavy (non-hydrogen) atoms. The molecule has 1 aliphatic heterocycles. The average Bonchev–Trinajstić information content (AvgIpc) is 2.46. The highest BCUT2D eigenvalue weighted by molar-refractivity contribution is 5.36. The molecule has 1 heterocycles. The van der Waals surface area contributed by atoms with Crippen molar-refractivity contribution in [1.29, 1.82) is 0 Å². The Balaban J connectivity index is 1.88. The minimum absolute atomic E-state index is 0.382. The molecule has 114 valence electrons. The van der Waals surface area contributed by atoms with Gasteiger partial charge in [0.05, 0.1) is 12.1 Å². The van der Waals surface area contributed by atoms with Crippen molar-refractivity contribution in [2.45, 2.75) is 25.0 Å². The van der Waals surface area contributed by atoms with E-state index in [0.717, 1.165) is 12.1 Å². The SMILES string of the molecule is CN(Cc1ccc(C#CCN)cc1)CC1(O)CCOCC1. The zero-order valence-corrected chi connectivity index (χ0v) is 12.6. The second-order valence-corrected chi connectivity index (χ2v) is 5.71. The summed E-state index contributed by atoms with van der Waals surface area (Å²) in [4.78, 5) is 2.16. The first-order valence-corrected chi connectivity index (χ1v) is 7.38. The second kappa shape index (κ2) is 7.58. The zero-order chi connectivity index (χ0) is 15.1. The molecule has 0 spiro atoms. The highest BCUT2D eigenvalue weighted by atomic mass is 16.5. The molecule has 1 fully saturated rings. The lowest BCUT2D eigenvalue weighted by Gasteiger charge is -2.35. The topological polar surface area (TPSA) is 58.7 Å². The molecule has 0 aliphatic carbocycles. The van der Waals surface area contributed by atoms with Crippen LogP contribution in [-0.2, 0) is 11.3 Å². The van der Waals surface area contributed by atoms with Crippen molar-refractivity contribution in [3.8, 4) is 11.8 Å². The van der Waals surface area contributed by atoms with Crippen molar-refractivity contribution < 1.29 is 9.84 Å². The summed E-state index contributed by atoms with van der Waals surface area (Å²) in [6.07, 6.45) is 1.43. The first kappa shape index (κ1) is 16.0. The molecule has 2 rings (SSSR count). The van der Waals surface area contributed by atoms with Crippen LogP contribution in [0.25, 0.3) is 0 Å². The van der Waals surface area contributed by atoms with E-state index in [0.29, 0.717) is 39.1 Å². The van der Waals surface area contributed by atoms with Crippen LogP contribution in [0.4, 0.5) is 0 Å². The van der Waals surface area contributed by atoms with Crippen molar-refractivity contribution in [2.75, 3.05) is 33.4 Å². The van der Waals surface area contributed by atoms with Gasteiger partial charge in [-0.3, -0.25) is 4.90 Å². The molecule has 0 amide bonds. The number of nitrogens with two attached hydrogens (primary N) is 1. The van der Waals surface area contributed by atoms with Gasteiger partial charge in [-0.2, -0.15) is 0 Å². The Kier molecular flexibility index (Phi) is 5.77. The van der Waals surface area contributed by atoms with Crippen LogP contribution in [0.2, 0.25) is 0 Å². The Morgan fingerprint density at radius 1 is 1.29 bits per heavy atom. The number of hydrogen-bond acceptors (Lipinski definition) is 4. The van der Waals surface area contributed by atoms with Crippen LogP contribution >= 0.6 is 0 Å². The van der Waals surface area contributed by atoms with Gasteiger partial charge in [-0.1, -0.05) is 24.0 Å². The molecule has 1 aliphatic rings. The summed E-state index contributed by atoms with van der Waals surface area (Å²) in [7, 11) is 2.04. The first-order chi connectivity index (χ1) is 10.1. The van der Waals surface area contributed by atoms with Gasteiger partial charge in [-0.05, 0) is 24.7 Å². The van der Waals surface area contributed by atoms with Gasteiger partial charge in [0.1, 0.15) is 0 Å². The van der Waals surface area contributed by atoms with Gasteiger partial charge in [0.15, 0.2) is 0 Å². The summed E-state index contributed by atoms with van der Waals surface area (Å²) >= 11 is 0. The summed E-state index contributed by atoms with van der Waals surface area (Å²) < 4.78 is 5.31. The van der Waals surface area contributed by atoms with Crippen LogP contribution in [0.1, 0.15) is 24.0 Å². The first-order valence-electron chi connectivity index (χ1n) is 7.38. The van der Waals surface area contributed by atoms with Crippen LogP contribution < -0.4 is 5.73 Å². The highest BCUT2D eigenvalue weighted by Gasteiger charge is 2.30. The van der Waals surface area contributed by atoms with Crippen LogP contribution in [0, 0.1) is 11.8 Å². The summed E-state index contributed by atoms with van der Waals surface area (Å²) in [5.74, 6) is 5.86. The Bertz CT molecular complexity index is 496. The number of nitrogens with zero attached hydrogens (tertiary/aromatic N) is 1. The lowest BCUT2D eigenvalue weighted by molar-refractivity contribution is -0.0777. The lowest BCUT2D eigenvalue weighted by atomic mass is 9.94. The van der Waals surface area contributed by atoms with Gasteiger partial charge in [0.25, 0.3) is 0 Å². The molecule has 3 N–H and O–H groups in total. The fourth-order valence-corrected chi connectivity index (χ4v) is 2.63. The van der Waals surface area contributed by atoms with Crippen molar-refractivity contribution >= 4 is 0 Å². The molecular formula is C17H24N2O2. The molecule has 0 unspecified atom stereocenters. The lowest BCUT2D eigenvalue weighted by Crippen LogP contribution is -2.45. The van der Waals surface area contributed by atoms with E-state index >= 15 is 0 Å². The van der Waals surface area contributed by atoms with Gasteiger partial charge in [0.2, 0.25) is 0 Å². The van der Waals surface area contributed by atoms with E-state index in [-0.39, 0.29) is 0 Å². The quantitative estimate of drug-likeness (QED) is 0.811. The van der Waals surface area contributed by atoms with Crippen LogP contribution in [0.5, 0.6) is 0 Å². The van der Waals surface area contributed by atoms with Crippen molar-refractivity contribution in [1.82, 2.24) is 4.90 Å².